The monoisotopic (exact) mass is 351 g/mol. The second kappa shape index (κ2) is 7.77. The summed E-state index contributed by atoms with van der Waals surface area (Å²) < 4.78 is 0. The summed E-state index contributed by atoms with van der Waals surface area (Å²) in [6, 6.07) is 7.29. The van der Waals surface area contributed by atoms with E-state index in [2.05, 4.69) is 10.6 Å². The maximum atomic E-state index is 12.2. The molecule has 2 N–H and O–H groups in total. The van der Waals surface area contributed by atoms with Crippen molar-refractivity contribution in [1.29, 1.82) is 0 Å². The van der Waals surface area contributed by atoms with Crippen molar-refractivity contribution < 1.29 is 14.4 Å². The average Bonchev–Trinajstić information content (AvgIpc) is 2.79. The lowest BCUT2D eigenvalue weighted by molar-refractivity contribution is -0.139. The number of nitrogens with one attached hydrogen (secondary N) is 2. The van der Waals surface area contributed by atoms with Crippen molar-refractivity contribution in [3.05, 3.63) is 29.8 Å². The third-order valence-electron chi connectivity index (χ3n) is 4.65. The number of imide groups is 1. The van der Waals surface area contributed by atoms with Crippen LogP contribution in [0.25, 0.3) is 0 Å². The number of anilines is 1. The zero-order valence-electron chi connectivity index (χ0n) is 13.6. The number of benzene rings is 1. The minimum Gasteiger partial charge on any atom is -0.326 e. The maximum absolute atomic E-state index is 12.2. The van der Waals surface area contributed by atoms with Gasteiger partial charge in [-0.1, -0.05) is 19.1 Å². The van der Waals surface area contributed by atoms with Crippen LogP contribution in [0.1, 0.15) is 25.3 Å². The van der Waals surface area contributed by atoms with Gasteiger partial charge in [0.15, 0.2) is 0 Å². The molecule has 2 fully saturated rings. The van der Waals surface area contributed by atoms with Gasteiger partial charge in [-0.3, -0.25) is 19.3 Å². The van der Waals surface area contributed by atoms with Crippen molar-refractivity contribution in [3.8, 4) is 0 Å². The molecular weight excluding hydrogens is 330 g/mol. The fourth-order valence-electron chi connectivity index (χ4n) is 2.81. The number of rotatable bonds is 5. The molecule has 7 heteroatoms. The van der Waals surface area contributed by atoms with Crippen LogP contribution >= 0.6 is 12.4 Å². The van der Waals surface area contributed by atoms with Crippen molar-refractivity contribution in [2.24, 2.45) is 11.8 Å². The Balaban J connectivity index is 0.00000208. The van der Waals surface area contributed by atoms with Crippen molar-refractivity contribution in [2.75, 3.05) is 18.4 Å². The summed E-state index contributed by atoms with van der Waals surface area (Å²) in [5, 5.41) is 6.09. The summed E-state index contributed by atoms with van der Waals surface area (Å²) in [6.45, 7) is 4.03. The van der Waals surface area contributed by atoms with Gasteiger partial charge in [-0.15, -0.1) is 12.4 Å². The molecule has 2 saturated heterocycles. The fourth-order valence-corrected chi connectivity index (χ4v) is 2.81. The van der Waals surface area contributed by atoms with Gasteiger partial charge in [-0.05, 0) is 36.7 Å². The maximum Gasteiger partial charge on any atom is 0.229 e. The van der Waals surface area contributed by atoms with E-state index in [-0.39, 0.29) is 36.0 Å². The van der Waals surface area contributed by atoms with E-state index in [0.29, 0.717) is 25.3 Å². The van der Waals surface area contributed by atoms with Crippen LogP contribution in [0.4, 0.5) is 5.69 Å². The van der Waals surface area contributed by atoms with E-state index >= 15 is 0 Å². The third-order valence-corrected chi connectivity index (χ3v) is 4.65. The Morgan fingerprint density at radius 1 is 1.21 bits per heavy atom. The van der Waals surface area contributed by atoms with Crippen molar-refractivity contribution >= 4 is 35.8 Å². The molecule has 0 aromatic heterocycles. The average molecular weight is 352 g/mol. The van der Waals surface area contributed by atoms with Gasteiger partial charge >= 0.3 is 0 Å². The van der Waals surface area contributed by atoms with Crippen LogP contribution in [-0.4, -0.2) is 35.7 Å². The van der Waals surface area contributed by atoms with Crippen LogP contribution in [0.5, 0.6) is 0 Å². The van der Waals surface area contributed by atoms with Gasteiger partial charge in [0.25, 0.3) is 0 Å². The van der Waals surface area contributed by atoms with Gasteiger partial charge in [-0.2, -0.15) is 0 Å². The second-order valence-electron chi connectivity index (χ2n) is 6.27. The highest BCUT2D eigenvalue weighted by molar-refractivity contribution is 6.01. The van der Waals surface area contributed by atoms with Crippen LogP contribution in [-0.2, 0) is 20.9 Å². The van der Waals surface area contributed by atoms with Gasteiger partial charge in [0.05, 0.1) is 6.54 Å². The number of carbonyl (C=O) groups excluding carboxylic acids is 3. The first-order valence-corrected chi connectivity index (χ1v) is 7.98. The molecule has 0 spiro atoms. The molecular formula is C17H22ClN3O3. The summed E-state index contributed by atoms with van der Waals surface area (Å²) in [5.41, 5.74) is 1.61. The van der Waals surface area contributed by atoms with E-state index in [1.807, 2.05) is 31.2 Å². The molecule has 3 rings (SSSR count). The van der Waals surface area contributed by atoms with Crippen LogP contribution in [0, 0.1) is 11.8 Å². The number of carbonyl (C=O) groups is 3. The van der Waals surface area contributed by atoms with Crippen molar-refractivity contribution in [2.45, 2.75) is 26.3 Å². The molecule has 1 aromatic rings. The number of likely N-dealkylation sites (tertiary alicyclic amines) is 1. The molecule has 0 bridgehead atoms. The molecule has 0 saturated carbocycles. The van der Waals surface area contributed by atoms with E-state index in [9.17, 15) is 14.4 Å². The smallest absolute Gasteiger partial charge is 0.229 e. The Bertz CT molecular complexity index is 612. The number of halogens is 1. The highest BCUT2D eigenvalue weighted by Gasteiger charge is 2.29. The predicted octanol–water partition coefficient (Wildman–Crippen LogP) is 1.55. The molecule has 1 aromatic carbocycles. The SMILES string of the molecule is CC(C(=O)Nc1ccc(CN2C(=O)CCC2=O)cc1)C1CNC1.Cl. The molecule has 130 valence electrons. The lowest BCUT2D eigenvalue weighted by atomic mass is 9.88. The first-order chi connectivity index (χ1) is 11.0. The fraction of sp³-hybridized carbons (Fsp3) is 0.471. The molecule has 2 aliphatic heterocycles. The molecule has 1 unspecified atom stereocenters. The Morgan fingerprint density at radius 3 is 2.29 bits per heavy atom. The van der Waals surface area contributed by atoms with E-state index in [0.717, 1.165) is 24.3 Å². The standard InChI is InChI=1S/C17H21N3O3.ClH/c1-11(13-8-18-9-13)17(23)19-14-4-2-12(3-5-14)10-20-15(21)6-7-16(20)22;/h2-5,11,13,18H,6-10H2,1H3,(H,19,23);1H. The number of hydrogen-bond acceptors (Lipinski definition) is 4. The van der Waals surface area contributed by atoms with Crippen LogP contribution in [0.2, 0.25) is 0 Å². The van der Waals surface area contributed by atoms with Gasteiger partial charge in [0.2, 0.25) is 17.7 Å². The van der Waals surface area contributed by atoms with Gasteiger partial charge in [-0.25, -0.2) is 0 Å². The van der Waals surface area contributed by atoms with E-state index < -0.39 is 0 Å². The second-order valence-corrected chi connectivity index (χ2v) is 6.27. The molecule has 3 amide bonds. The van der Waals surface area contributed by atoms with Crippen LogP contribution in [0.3, 0.4) is 0 Å². The number of hydrogen-bond donors (Lipinski definition) is 2. The van der Waals surface area contributed by atoms with E-state index in [1.54, 1.807) is 0 Å². The molecule has 0 radical (unpaired) electrons. The zero-order chi connectivity index (χ0) is 16.4. The van der Waals surface area contributed by atoms with Crippen molar-refractivity contribution in [3.63, 3.8) is 0 Å². The Kier molecular flexibility index (Phi) is 5.96. The summed E-state index contributed by atoms with van der Waals surface area (Å²) in [6.07, 6.45) is 0.613. The molecule has 2 heterocycles. The molecule has 0 aliphatic carbocycles. The topological polar surface area (TPSA) is 78.5 Å². The highest BCUT2D eigenvalue weighted by atomic mass is 35.5. The lowest BCUT2D eigenvalue weighted by Crippen LogP contribution is -2.48. The third kappa shape index (κ3) is 3.94. The largest absolute Gasteiger partial charge is 0.326 e. The molecule has 24 heavy (non-hydrogen) atoms. The summed E-state index contributed by atoms with van der Waals surface area (Å²) >= 11 is 0. The first-order valence-electron chi connectivity index (χ1n) is 7.98. The van der Waals surface area contributed by atoms with E-state index in [4.69, 9.17) is 0 Å². The van der Waals surface area contributed by atoms with Gasteiger partial charge in [0.1, 0.15) is 0 Å². The number of nitrogens with zero attached hydrogens (tertiary/aromatic N) is 1. The van der Waals surface area contributed by atoms with Gasteiger partial charge < -0.3 is 10.6 Å². The summed E-state index contributed by atoms with van der Waals surface area (Å²) in [7, 11) is 0. The first kappa shape index (κ1) is 18.4. The highest BCUT2D eigenvalue weighted by Crippen LogP contribution is 2.20. The lowest BCUT2D eigenvalue weighted by Gasteiger charge is -2.31. The minimum atomic E-state index is -0.115. The normalized spacial score (nSPS) is 18.8. The Hall–Kier alpha value is -1.92. The Labute approximate surface area is 147 Å². The van der Waals surface area contributed by atoms with E-state index in [1.165, 1.54) is 4.90 Å². The predicted molar refractivity (Wildman–Crippen MR) is 92.6 cm³/mol. The molecule has 1 atom stereocenters. The summed E-state index contributed by atoms with van der Waals surface area (Å²) in [5.74, 6) is 0.178. The van der Waals surface area contributed by atoms with Crippen LogP contribution < -0.4 is 10.6 Å². The summed E-state index contributed by atoms with van der Waals surface area (Å²) in [4.78, 5) is 36.7. The minimum absolute atomic E-state index is 0. The van der Waals surface area contributed by atoms with Gasteiger partial charge in [0, 0.05) is 24.4 Å². The Morgan fingerprint density at radius 2 is 1.79 bits per heavy atom. The van der Waals surface area contributed by atoms with Crippen molar-refractivity contribution in [1.82, 2.24) is 10.2 Å². The quantitative estimate of drug-likeness (QED) is 0.789. The van der Waals surface area contributed by atoms with Crippen LogP contribution in [0.15, 0.2) is 24.3 Å². The zero-order valence-corrected chi connectivity index (χ0v) is 14.4. The number of amides is 3. The molecule has 2 aliphatic rings. The molecule has 6 nitrogen and oxygen atoms in total.